The molecule has 2 saturated carbocycles. The molecule has 4 rings (SSSR count). The van der Waals surface area contributed by atoms with Gasteiger partial charge in [-0.2, -0.15) is 23.5 Å². The van der Waals surface area contributed by atoms with E-state index >= 15 is 0 Å². The highest BCUT2D eigenvalue weighted by atomic mass is 32.2. The predicted octanol–water partition coefficient (Wildman–Crippen LogP) is 3.93. The van der Waals surface area contributed by atoms with Crippen molar-refractivity contribution in [3.63, 3.8) is 0 Å². The fourth-order valence-corrected chi connectivity index (χ4v) is 6.39. The van der Waals surface area contributed by atoms with Crippen LogP contribution in [0.1, 0.15) is 45.4 Å². The minimum atomic E-state index is -0.0100. The van der Waals surface area contributed by atoms with Crippen molar-refractivity contribution in [1.29, 1.82) is 0 Å². The maximum atomic E-state index is 5.94. The van der Waals surface area contributed by atoms with Crippen LogP contribution in [0.4, 0.5) is 0 Å². The van der Waals surface area contributed by atoms with E-state index in [1.54, 1.807) is 0 Å². The first kappa shape index (κ1) is 14.2. The molecule has 2 aliphatic carbocycles. The smallest absolute Gasteiger partial charge is 0.154 e. The molecule has 0 radical (unpaired) electrons. The number of hydrogen-bond acceptors (Lipinski definition) is 4. The number of rotatable bonds is 6. The highest BCUT2D eigenvalue weighted by Gasteiger charge is 2.44. The summed E-state index contributed by atoms with van der Waals surface area (Å²) in [6.45, 7) is 3.90. The molecule has 2 saturated heterocycles. The quantitative estimate of drug-likeness (QED) is 0.546. The molecule has 4 fully saturated rings. The molecule has 4 heteroatoms. The molecule has 2 aliphatic heterocycles. The van der Waals surface area contributed by atoms with Crippen molar-refractivity contribution < 1.29 is 9.47 Å². The summed E-state index contributed by atoms with van der Waals surface area (Å²) >= 11 is 4.36. The van der Waals surface area contributed by atoms with Gasteiger partial charge in [0, 0.05) is 21.0 Å². The zero-order valence-electron chi connectivity index (χ0n) is 12.3. The molecule has 0 bridgehead atoms. The zero-order chi connectivity index (χ0) is 13.5. The molecular weight excluding hydrogens is 288 g/mol. The Morgan fingerprint density at radius 1 is 0.800 bits per heavy atom. The van der Waals surface area contributed by atoms with Crippen LogP contribution in [0, 0.1) is 11.8 Å². The Morgan fingerprint density at radius 2 is 1.30 bits per heavy atom. The second-order valence-corrected chi connectivity index (χ2v) is 9.98. The topological polar surface area (TPSA) is 18.5 Å². The van der Waals surface area contributed by atoms with Crippen molar-refractivity contribution in [2.24, 2.45) is 11.8 Å². The minimum absolute atomic E-state index is 0.0100. The lowest BCUT2D eigenvalue weighted by atomic mass is 9.90. The van der Waals surface area contributed by atoms with Gasteiger partial charge in [0.2, 0.25) is 0 Å². The first-order chi connectivity index (χ1) is 9.78. The van der Waals surface area contributed by atoms with Gasteiger partial charge in [-0.05, 0) is 57.3 Å². The molecule has 0 spiro atoms. The summed E-state index contributed by atoms with van der Waals surface area (Å²) in [5.74, 6) is 1.58. The van der Waals surface area contributed by atoms with E-state index in [9.17, 15) is 0 Å². The van der Waals surface area contributed by atoms with Gasteiger partial charge in [0.1, 0.15) is 0 Å². The lowest BCUT2D eigenvalue weighted by Gasteiger charge is -2.25. The normalized spacial score (nSPS) is 47.2. The van der Waals surface area contributed by atoms with Crippen molar-refractivity contribution >= 4 is 23.5 Å². The molecule has 0 amide bonds. The van der Waals surface area contributed by atoms with Crippen LogP contribution >= 0.6 is 23.5 Å². The van der Waals surface area contributed by atoms with Crippen molar-refractivity contribution in [1.82, 2.24) is 0 Å². The van der Waals surface area contributed by atoms with Gasteiger partial charge in [0.25, 0.3) is 0 Å². The summed E-state index contributed by atoms with van der Waals surface area (Å²) in [7, 11) is 0. The van der Waals surface area contributed by atoms with Gasteiger partial charge < -0.3 is 9.47 Å². The largest absolute Gasteiger partial charge is 0.353 e. The molecule has 0 aromatic carbocycles. The van der Waals surface area contributed by atoms with Crippen molar-refractivity contribution in [2.45, 2.75) is 72.7 Å². The number of hydrogen-bond donors (Lipinski definition) is 0. The van der Waals surface area contributed by atoms with Crippen LogP contribution in [0.5, 0.6) is 0 Å². The summed E-state index contributed by atoms with van der Waals surface area (Å²) in [5.41, 5.74) is 0. The van der Waals surface area contributed by atoms with E-state index < -0.39 is 0 Å². The Hall–Kier alpha value is 0.620. The summed E-state index contributed by atoms with van der Waals surface area (Å²) in [4.78, 5) is 0. The van der Waals surface area contributed by atoms with Gasteiger partial charge in [0.05, 0.1) is 13.2 Å². The van der Waals surface area contributed by atoms with E-state index in [4.69, 9.17) is 9.47 Å². The van der Waals surface area contributed by atoms with Crippen LogP contribution in [-0.4, -0.2) is 40.5 Å². The fourth-order valence-electron chi connectivity index (χ4n) is 3.87. The molecule has 0 aromatic heterocycles. The summed E-state index contributed by atoms with van der Waals surface area (Å²) in [6.07, 6.45) is 8.31. The molecule has 114 valence electrons. The van der Waals surface area contributed by atoms with Gasteiger partial charge >= 0.3 is 0 Å². The second-order valence-electron chi connectivity index (χ2n) is 7.02. The molecule has 6 unspecified atom stereocenters. The highest BCUT2D eigenvalue weighted by molar-refractivity contribution is 8.07. The third-order valence-electron chi connectivity index (χ3n) is 5.36. The fraction of sp³-hybridized carbons (Fsp3) is 1.00. The maximum Gasteiger partial charge on any atom is 0.154 e. The van der Waals surface area contributed by atoms with Crippen molar-refractivity contribution in [3.8, 4) is 0 Å². The van der Waals surface area contributed by atoms with Crippen LogP contribution < -0.4 is 0 Å². The van der Waals surface area contributed by atoms with E-state index in [2.05, 4.69) is 30.4 Å². The molecule has 6 atom stereocenters. The Kier molecular flexibility index (Phi) is 4.28. The molecule has 4 aliphatic rings. The van der Waals surface area contributed by atoms with E-state index in [0.717, 1.165) is 46.0 Å². The lowest BCUT2D eigenvalue weighted by molar-refractivity contribution is -0.148. The van der Waals surface area contributed by atoms with E-state index in [1.807, 2.05) is 0 Å². The van der Waals surface area contributed by atoms with Crippen LogP contribution in [0.25, 0.3) is 0 Å². The Labute approximate surface area is 131 Å². The third kappa shape index (κ3) is 3.50. The zero-order valence-corrected chi connectivity index (χ0v) is 14.0. The van der Waals surface area contributed by atoms with E-state index in [1.165, 1.54) is 38.5 Å². The maximum absolute atomic E-state index is 5.94. The monoisotopic (exact) mass is 314 g/mol. The number of thioether (sulfide) groups is 2. The third-order valence-corrected chi connectivity index (χ3v) is 8.30. The van der Waals surface area contributed by atoms with Crippen LogP contribution in [-0.2, 0) is 9.47 Å². The average Bonchev–Trinajstić information content (AvgIpc) is 3.35. The highest BCUT2D eigenvalue weighted by Crippen LogP contribution is 2.53. The average molecular weight is 315 g/mol. The van der Waals surface area contributed by atoms with Gasteiger partial charge in [0.15, 0.2) is 6.29 Å². The standard InChI is InChI=1S/C16H26O2S2/c1-10(17-8-11-2-4-13-15(6-11)19-13)18-9-12-3-5-14-16(7-12)20-14/h10-16H,2-9H2,1H3. The van der Waals surface area contributed by atoms with Crippen LogP contribution in [0.2, 0.25) is 0 Å². The van der Waals surface area contributed by atoms with Gasteiger partial charge in [-0.1, -0.05) is 0 Å². The number of ether oxygens (including phenoxy) is 2. The van der Waals surface area contributed by atoms with Crippen molar-refractivity contribution in [2.75, 3.05) is 13.2 Å². The minimum Gasteiger partial charge on any atom is -0.353 e. The SMILES string of the molecule is CC(OCC1CCC2SC2C1)OCC1CCC2SC2C1. The lowest BCUT2D eigenvalue weighted by Crippen LogP contribution is -2.25. The summed E-state index contributed by atoms with van der Waals surface area (Å²) in [6, 6.07) is 0. The Bertz CT molecular complexity index is 319. The first-order valence-electron chi connectivity index (χ1n) is 8.32. The Balaban J connectivity index is 1.11. The van der Waals surface area contributed by atoms with Gasteiger partial charge in [-0.3, -0.25) is 0 Å². The molecule has 2 nitrogen and oxygen atoms in total. The van der Waals surface area contributed by atoms with Crippen LogP contribution in [0.3, 0.4) is 0 Å². The molecular formula is C16H26O2S2. The molecule has 0 aromatic rings. The summed E-state index contributed by atoms with van der Waals surface area (Å²) in [5, 5.41) is 3.96. The molecule has 20 heavy (non-hydrogen) atoms. The second kappa shape index (κ2) is 6.02. The van der Waals surface area contributed by atoms with E-state index in [-0.39, 0.29) is 6.29 Å². The van der Waals surface area contributed by atoms with Gasteiger partial charge in [-0.15, -0.1) is 0 Å². The summed E-state index contributed by atoms with van der Waals surface area (Å²) < 4.78 is 11.9. The molecule has 0 N–H and O–H groups in total. The Morgan fingerprint density at radius 3 is 1.75 bits per heavy atom. The van der Waals surface area contributed by atoms with Gasteiger partial charge in [-0.25, -0.2) is 0 Å². The van der Waals surface area contributed by atoms with E-state index in [0.29, 0.717) is 0 Å². The molecule has 2 heterocycles. The van der Waals surface area contributed by atoms with Crippen LogP contribution in [0.15, 0.2) is 0 Å². The first-order valence-corrected chi connectivity index (χ1v) is 10.2. The predicted molar refractivity (Wildman–Crippen MR) is 86.4 cm³/mol. The number of fused-ring (bicyclic) bond motifs is 2. The van der Waals surface area contributed by atoms with Crippen molar-refractivity contribution in [3.05, 3.63) is 0 Å².